The third-order valence-corrected chi connectivity index (χ3v) is 8.85. The van der Waals surface area contributed by atoms with E-state index >= 15 is 0 Å². The summed E-state index contributed by atoms with van der Waals surface area (Å²) < 4.78 is 27.2. The molecular weight excluding hydrogens is 542 g/mol. The quantitative estimate of drug-likeness (QED) is 0.404. The largest absolute Gasteiger partial charge is 0.321 e. The number of urea groups is 1. The lowest BCUT2D eigenvalue weighted by molar-refractivity contribution is -0.126. The molecule has 11 heteroatoms. The number of likely N-dealkylation sites (N-methyl/N-ethyl adjacent to an activating group) is 1. The number of carbonyl (C=O) groups excluding carboxylic acids is 3. The number of nitrogens with zero attached hydrogens (tertiary/aromatic N) is 2. The van der Waals surface area contributed by atoms with Crippen molar-refractivity contribution in [2.75, 3.05) is 17.3 Å². The standard InChI is InChI=1S/C30H31N5O5S/c1-35-26-18-9-8-11-22(26)20-31-30(28(35)37,23-13-4-2-5-14-23)33-29(38)32-24-15-10-12-21(19-24)27(36)34-41(39,40)25-16-6-3-7-17-25/h3,6-12,15-20,23H,2,4-5,13-14H2,1H3,(H,34,36)(H2,32,33,38)/t30-/m0/s1. The van der Waals surface area contributed by atoms with Gasteiger partial charge in [-0.2, -0.15) is 0 Å². The first-order chi connectivity index (χ1) is 19.7. The monoisotopic (exact) mass is 573 g/mol. The zero-order valence-corrected chi connectivity index (χ0v) is 23.4. The van der Waals surface area contributed by atoms with E-state index in [0.29, 0.717) is 5.69 Å². The van der Waals surface area contributed by atoms with Crippen LogP contribution < -0.4 is 20.3 Å². The van der Waals surface area contributed by atoms with Crippen molar-refractivity contribution in [3.05, 3.63) is 90.0 Å². The molecule has 0 unspecified atom stereocenters. The van der Waals surface area contributed by atoms with Crippen molar-refractivity contribution in [1.29, 1.82) is 0 Å². The Labute approximate surface area is 238 Å². The summed E-state index contributed by atoms with van der Waals surface area (Å²) in [6.07, 6.45) is 6.03. The first-order valence-corrected chi connectivity index (χ1v) is 14.9. The number of aliphatic imine (C=N–C) groups is 1. The molecule has 0 radical (unpaired) electrons. The van der Waals surface area contributed by atoms with Gasteiger partial charge in [0, 0.05) is 36.0 Å². The van der Waals surface area contributed by atoms with E-state index in [2.05, 4.69) is 10.6 Å². The number of nitrogens with one attached hydrogen (secondary N) is 3. The average molecular weight is 574 g/mol. The number of carbonyl (C=O) groups is 3. The van der Waals surface area contributed by atoms with Crippen LogP contribution in [-0.2, 0) is 14.8 Å². The van der Waals surface area contributed by atoms with Gasteiger partial charge in [0.15, 0.2) is 0 Å². The summed E-state index contributed by atoms with van der Waals surface area (Å²) in [5.41, 5.74) is 0.227. The Hall–Kier alpha value is -4.51. The molecule has 1 saturated carbocycles. The summed E-state index contributed by atoms with van der Waals surface area (Å²) in [6.45, 7) is 0. The number of amides is 4. The summed E-state index contributed by atoms with van der Waals surface area (Å²) in [5, 5.41) is 5.57. The van der Waals surface area contributed by atoms with E-state index in [-0.39, 0.29) is 28.0 Å². The van der Waals surface area contributed by atoms with Crippen LogP contribution in [0, 0.1) is 5.92 Å². The molecule has 4 amide bonds. The van der Waals surface area contributed by atoms with Crippen LogP contribution in [0.1, 0.15) is 48.0 Å². The van der Waals surface area contributed by atoms with E-state index in [1.807, 2.05) is 29.0 Å². The van der Waals surface area contributed by atoms with Gasteiger partial charge in [0.1, 0.15) is 0 Å². The van der Waals surface area contributed by atoms with Gasteiger partial charge in [-0.25, -0.2) is 17.9 Å². The molecule has 0 aromatic heterocycles. The maximum atomic E-state index is 14.0. The molecule has 2 aliphatic rings. The van der Waals surface area contributed by atoms with Crippen LogP contribution in [0.15, 0.2) is 88.8 Å². The number of fused-ring (bicyclic) bond motifs is 1. The summed E-state index contributed by atoms with van der Waals surface area (Å²) in [4.78, 5) is 46.4. The van der Waals surface area contributed by atoms with Gasteiger partial charge >= 0.3 is 6.03 Å². The topological polar surface area (TPSA) is 137 Å². The molecule has 0 bridgehead atoms. The van der Waals surface area contributed by atoms with Gasteiger partial charge in [0.2, 0.25) is 5.66 Å². The zero-order valence-electron chi connectivity index (χ0n) is 22.5. The molecule has 3 N–H and O–H groups in total. The van der Waals surface area contributed by atoms with Crippen molar-refractivity contribution in [1.82, 2.24) is 10.0 Å². The molecule has 0 spiro atoms. The second kappa shape index (κ2) is 11.5. The Kier molecular flexibility index (Phi) is 7.89. The second-order valence-electron chi connectivity index (χ2n) is 10.2. The number of benzene rings is 3. The van der Waals surface area contributed by atoms with Crippen LogP contribution in [0.4, 0.5) is 16.2 Å². The molecule has 1 aliphatic heterocycles. The van der Waals surface area contributed by atoms with Gasteiger partial charge in [-0.1, -0.05) is 61.7 Å². The van der Waals surface area contributed by atoms with Crippen molar-refractivity contribution >= 4 is 45.5 Å². The number of benzodiazepines with no additional fused rings is 1. The number of para-hydroxylation sites is 1. The first-order valence-electron chi connectivity index (χ1n) is 13.4. The number of hydrogen-bond donors (Lipinski definition) is 3. The Morgan fingerprint density at radius 1 is 0.927 bits per heavy atom. The SMILES string of the molecule is CN1C(=O)[C@@](NC(=O)Nc2cccc(C(=O)NS(=O)(=O)c3ccccc3)c2)(C2CCCCC2)N=Cc2ccccc21. The van der Waals surface area contributed by atoms with Crippen molar-refractivity contribution < 1.29 is 22.8 Å². The minimum Gasteiger partial charge on any atom is -0.311 e. The van der Waals surface area contributed by atoms with E-state index < -0.39 is 27.6 Å². The highest BCUT2D eigenvalue weighted by atomic mass is 32.2. The fourth-order valence-corrected chi connectivity index (χ4v) is 6.39. The second-order valence-corrected chi connectivity index (χ2v) is 11.9. The van der Waals surface area contributed by atoms with Gasteiger partial charge in [-0.3, -0.25) is 14.6 Å². The van der Waals surface area contributed by atoms with Gasteiger partial charge in [0.05, 0.1) is 10.6 Å². The molecule has 5 rings (SSSR count). The zero-order chi connectivity index (χ0) is 29.0. The lowest BCUT2D eigenvalue weighted by atomic mass is 9.79. The van der Waals surface area contributed by atoms with Crippen molar-refractivity contribution in [3.63, 3.8) is 0 Å². The highest BCUT2D eigenvalue weighted by Crippen LogP contribution is 2.38. The summed E-state index contributed by atoms with van der Waals surface area (Å²) in [7, 11) is -2.40. The molecular formula is C30H31N5O5S. The van der Waals surface area contributed by atoms with E-state index in [9.17, 15) is 22.8 Å². The fraction of sp³-hybridized carbons (Fsp3) is 0.267. The molecule has 1 atom stereocenters. The predicted octanol–water partition coefficient (Wildman–Crippen LogP) is 4.30. The molecule has 1 heterocycles. The van der Waals surface area contributed by atoms with Crippen molar-refractivity contribution in [3.8, 4) is 0 Å². The van der Waals surface area contributed by atoms with Gasteiger partial charge in [-0.15, -0.1) is 0 Å². The maximum Gasteiger partial charge on any atom is 0.321 e. The van der Waals surface area contributed by atoms with E-state index in [0.717, 1.165) is 37.7 Å². The van der Waals surface area contributed by atoms with Gasteiger partial charge < -0.3 is 15.5 Å². The third kappa shape index (κ3) is 5.85. The van der Waals surface area contributed by atoms with Crippen LogP contribution in [0.5, 0.6) is 0 Å². The lowest BCUT2D eigenvalue weighted by Gasteiger charge is -2.40. The Balaban J connectivity index is 1.37. The molecule has 0 saturated heterocycles. The number of rotatable bonds is 6. The molecule has 212 valence electrons. The molecule has 41 heavy (non-hydrogen) atoms. The summed E-state index contributed by atoms with van der Waals surface area (Å²) in [5.74, 6) is -1.39. The molecule has 1 fully saturated rings. The first kappa shape index (κ1) is 28.0. The van der Waals surface area contributed by atoms with Gasteiger partial charge in [-0.05, 0) is 49.2 Å². The molecule has 3 aromatic carbocycles. The van der Waals surface area contributed by atoms with Crippen molar-refractivity contribution in [2.45, 2.75) is 42.7 Å². The van der Waals surface area contributed by atoms with E-state index in [4.69, 9.17) is 4.99 Å². The highest BCUT2D eigenvalue weighted by Gasteiger charge is 2.49. The van der Waals surface area contributed by atoms with Crippen LogP contribution in [0.3, 0.4) is 0 Å². The molecule has 10 nitrogen and oxygen atoms in total. The van der Waals surface area contributed by atoms with Crippen LogP contribution in [0.25, 0.3) is 0 Å². The van der Waals surface area contributed by atoms with Crippen LogP contribution in [-0.4, -0.2) is 45.2 Å². The number of sulfonamides is 1. The maximum absolute atomic E-state index is 14.0. The number of anilines is 2. The normalized spacial score (nSPS) is 19.1. The minimum atomic E-state index is -4.08. The Morgan fingerprint density at radius 3 is 2.39 bits per heavy atom. The van der Waals surface area contributed by atoms with Gasteiger partial charge in [0.25, 0.3) is 21.8 Å². The lowest BCUT2D eigenvalue weighted by Crippen LogP contribution is -2.63. The Bertz CT molecular complexity index is 1600. The fourth-order valence-electron chi connectivity index (χ4n) is 5.40. The van der Waals surface area contributed by atoms with E-state index in [1.54, 1.807) is 37.5 Å². The summed E-state index contributed by atoms with van der Waals surface area (Å²) >= 11 is 0. The van der Waals surface area contributed by atoms with Crippen LogP contribution >= 0.6 is 0 Å². The smallest absolute Gasteiger partial charge is 0.311 e. The molecule has 1 aliphatic carbocycles. The highest BCUT2D eigenvalue weighted by molar-refractivity contribution is 7.90. The van der Waals surface area contributed by atoms with E-state index in [1.165, 1.54) is 35.2 Å². The number of hydrogen-bond acceptors (Lipinski definition) is 6. The molecule has 3 aromatic rings. The summed E-state index contributed by atoms with van der Waals surface area (Å²) in [6, 6.07) is 20.2. The minimum absolute atomic E-state index is 0.0306. The predicted molar refractivity (Wildman–Crippen MR) is 156 cm³/mol. The van der Waals surface area contributed by atoms with Crippen LogP contribution in [0.2, 0.25) is 0 Å². The third-order valence-electron chi connectivity index (χ3n) is 7.50. The van der Waals surface area contributed by atoms with Crippen molar-refractivity contribution in [2.24, 2.45) is 10.9 Å². The average Bonchev–Trinajstić information content (AvgIpc) is 3.09. The Morgan fingerprint density at radius 2 is 1.63 bits per heavy atom.